The minimum absolute atomic E-state index is 0.260. The van der Waals surface area contributed by atoms with Crippen molar-refractivity contribution < 1.29 is 9.47 Å². The molecular weight excluding hydrogens is 188 g/mol. The molecule has 0 bridgehead atoms. The minimum Gasteiger partial charge on any atom is -0.342 e. The van der Waals surface area contributed by atoms with E-state index in [0.29, 0.717) is 0 Å². The summed E-state index contributed by atoms with van der Waals surface area (Å²) in [5.74, 6) is 6.95. The summed E-state index contributed by atoms with van der Waals surface area (Å²) in [5.41, 5.74) is 0. The topological polar surface area (TPSA) is 18.5 Å². The zero-order valence-corrected chi connectivity index (χ0v) is 9.92. The quantitative estimate of drug-likeness (QED) is 0.524. The molecule has 1 rings (SSSR count). The SMILES string of the molecule is CC(C)CCCCC#CC1OCCCO1. The molecule has 0 aromatic heterocycles. The number of rotatable bonds is 4. The van der Waals surface area contributed by atoms with E-state index < -0.39 is 0 Å². The lowest BCUT2D eigenvalue weighted by Crippen LogP contribution is -2.22. The first-order chi connectivity index (χ1) is 7.29. The molecule has 0 radical (unpaired) electrons. The van der Waals surface area contributed by atoms with Crippen molar-refractivity contribution in [2.75, 3.05) is 13.2 Å². The third kappa shape index (κ3) is 6.54. The molecule has 1 aliphatic rings. The van der Waals surface area contributed by atoms with Crippen LogP contribution in [0.3, 0.4) is 0 Å². The highest BCUT2D eigenvalue weighted by molar-refractivity contribution is 5.02. The molecule has 0 amide bonds. The van der Waals surface area contributed by atoms with E-state index in [1.54, 1.807) is 0 Å². The van der Waals surface area contributed by atoms with Crippen LogP contribution in [0.4, 0.5) is 0 Å². The van der Waals surface area contributed by atoms with Gasteiger partial charge in [0.2, 0.25) is 6.29 Å². The maximum absolute atomic E-state index is 5.33. The lowest BCUT2D eigenvalue weighted by atomic mass is 10.1. The summed E-state index contributed by atoms with van der Waals surface area (Å²) in [4.78, 5) is 0. The summed E-state index contributed by atoms with van der Waals surface area (Å²) in [6.45, 7) is 6.09. The second-order valence-corrected chi connectivity index (χ2v) is 4.39. The first-order valence-corrected chi connectivity index (χ1v) is 6.00. The van der Waals surface area contributed by atoms with Crippen LogP contribution in [0.15, 0.2) is 0 Å². The lowest BCUT2D eigenvalue weighted by Gasteiger charge is -2.17. The van der Waals surface area contributed by atoms with Crippen LogP contribution in [0.25, 0.3) is 0 Å². The highest BCUT2D eigenvalue weighted by atomic mass is 16.7. The minimum atomic E-state index is -0.260. The average Bonchev–Trinajstić information content (AvgIpc) is 2.24. The largest absolute Gasteiger partial charge is 0.342 e. The Labute approximate surface area is 93.3 Å². The van der Waals surface area contributed by atoms with Crippen LogP contribution in [-0.4, -0.2) is 19.5 Å². The van der Waals surface area contributed by atoms with E-state index in [9.17, 15) is 0 Å². The zero-order chi connectivity index (χ0) is 10.9. The highest BCUT2D eigenvalue weighted by Crippen LogP contribution is 2.08. The Bertz CT molecular complexity index is 206. The van der Waals surface area contributed by atoms with Crippen molar-refractivity contribution in [3.63, 3.8) is 0 Å². The molecule has 0 spiro atoms. The molecule has 0 atom stereocenters. The van der Waals surface area contributed by atoms with Gasteiger partial charge in [0.1, 0.15) is 0 Å². The van der Waals surface area contributed by atoms with Crippen molar-refractivity contribution in [3.8, 4) is 11.8 Å². The molecule has 2 nitrogen and oxygen atoms in total. The fourth-order valence-corrected chi connectivity index (χ4v) is 1.49. The van der Waals surface area contributed by atoms with E-state index >= 15 is 0 Å². The number of ether oxygens (including phenoxy) is 2. The van der Waals surface area contributed by atoms with Gasteiger partial charge >= 0.3 is 0 Å². The smallest absolute Gasteiger partial charge is 0.222 e. The Morgan fingerprint density at radius 1 is 1.20 bits per heavy atom. The van der Waals surface area contributed by atoms with Gasteiger partial charge in [-0.25, -0.2) is 0 Å². The van der Waals surface area contributed by atoms with E-state index in [-0.39, 0.29) is 6.29 Å². The zero-order valence-electron chi connectivity index (χ0n) is 9.92. The molecule has 0 aromatic rings. The molecule has 1 fully saturated rings. The van der Waals surface area contributed by atoms with Gasteiger partial charge in [-0.2, -0.15) is 0 Å². The molecule has 0 saturated carbocycles. The first kappa shape index (κ1) is 12.5. The van der Waals surface area contributed by atoms with Gasteiger partial charge in [-0.3, -0.25) is 0 Å². The second kappa shape index (κ2) is 7.73. The Kier molecular flexibility index (Phi) is 6.47. The average molecular weight is 210 g/mol. The molecule has 0 aliphatic carbocycles. The highest BCUT2D eigenvalue weighted by Gasteiger charge is 2.09. The maximum Gasteiger partial charge on any atom is 0.222 e. The van der Waals surface area contributed by atoms with E-state index in [1.807, 2.05) is 0 Å². The van der Waals surface area contributed by atoms with Gasteiger partial charge in [-0.1, -0.05) is 32.6 Å². The molecule has 1 aliphatic heterocycles. The first-order valence-electron chi connectivity index (χ1n) is 6.00. The fraction of sp³-hybridized carbons (Fsp3) is 0.846. The summed E-state index contributed by atoms with van der Waals surface area (Å²) in [5, 5.41) is 0. The standard InChI is InChI=1S/C13H22O2/c1-12(2)8-5-3-4-6-9-13-14-10-7-11-15-13/h12-13H,3-5,7-8,10-11H2,1-2H3. The molecule has 0 N–H and O–H groups in total. The van der Waals surface area contributed by atoms with Crippen LogP contribution in [0.2, 0.25) is 0 Å². The molecule has 2 heteroatoms. The van der Waals surface area contributed by atoms with Crippen LogP contribution in [0, 0.1) is 17.8 Å². The third-order valence-corrected chi connectivity index (χ3v) is 2.38. The van der Waals surface area contributed by atoms with E-state index in [4.69, 9.17) is 9.47 Å². The van der Waals surface area contributed by atoms with Crippen LogP contribution in [-0.2, 0) is 9.47 Å². The predicted octanol–water partition coefficient (Wildman–Crippen LogP) is 2.97. The summed E-state index contributed by atoms with van der Waals surface area (Å²) in [7, 11) is 0. The van der Waals surface area contributed by atoms with Crippen LogP contribution in [0.5, 0.6) is 0 Å². The lowest BCUT2D eigenvalue weighted by molar-refractivity contribution is -0.144. The Morgan fingerprint density at radius 2 is 1.93 bits per heavy atom. The third-order valence-electron chi connectivity index (χ3n) is 2.38. The van der Waals surface area contributed by atoms with E-state index in [0.717, 1.165) is 32.0 Å². The van der Waals surface area contributed by atoms with Crippen molar-refractivity contribution in [3.05, 3.63) is 0 Å². The number of hydrogen-bond donors (Lipinski definition) is 0. The van der Waals surface area contributed by atoms with Crippen LogP contribution >= 0.6 is 0 Å². The Morgan fingerprint density at radius 3 is 2.60 bits per heavy atom. The number of hydrogen-bond acceptors (Lipinski definition) is 2. The van der Waals surface area contributed by atoms with Gasteiger partial charge < -0.3 is 9.47 Å². The van der Waals surface area contributed by atoms with Crippen LogP contribution in [0.1, 0.15) is 46.0 Å². The Hall–Kier alpha value is -0.520. The van der Waals surface area contributed by atoms with Gasteiger partial charge in [0, 0.05) is 6.42 Å². The molecule has 0 aromatic carbocycles. The molecule has 86 valence electrons. The normalized spacial score (nSPS) is 17.5. The van der Waals surface area contributed by atoms with Gasteiger partial charge in [0.25, 0.3) is 0 Å². The van der Waals surface area contributed by atoms with Crippen molar-refractivity contribution in [1.29, 1.82) is 0 Å². The summed E-state index contributed by atoms with van der Waals surface area (Å²) < 4.78 is 10.7. The monoisotopic (exact) mass is 210 g/mol. The second-order valence-electron chi connectivity index (χ2n) is 4.39. The fourth-order valence-electron chi connectivity index (χ4n) is 1.49. The van der Waals surface area contributed by atoms with Gasteiger partial charge in [0.15, 0.2) is 0 Å². The number of unbranched alkanes of at least 4 members (excludes halogenated alkanes) is 2. The molecule has 0 unspecified atom stereocenters. The van der Waals surface area contributed by atoms with Gasteiger partial charge in [-0.15, -0.1) is 0 Å². The van der Waals surface area contributed by atoms with E-state index in [1.165, 1.54) is 19.3 Å². The van der Waals surface area contributed by atoms with Crippen molar-refractivity contribution in [1.82, 2.24) is 0 Å². The molecule has 1 heterocycles. The van der Waals surface area contributed by atoms with Gasteiger partial charge in [0.05, 0.1) is 13.2 Å². The van der Waals surface area contributed by atoms with Crippen molar-refractivity contribution in [2.24, 2.45) is 5.92 Å². The predicted molar refractivity (Wildman–Crippen MR) is 61.4 cm³/mol. The Balaban J connectivity index is 2.00. The van der Waals surface area contributed by atoms with Crippen molar-refractivity contribution in [2.45, 2.75) is 52.2 Å². The molecule has 1 saturated heterocycles. The summed E-state index contributed by atoms with van der Waals surface area (Å²) in [6, 6.07) is 0. The van der Waals surface area contributed by atoms with Crippen LogP contribution < -0.4 is 0 Å². The van der Waals surface area contributed by atoms with Gasteiger partial charge in [-0.05, 0) is 24.7 Å². The van der Waals surface area contributed by atoms with Crippen molar-refractivity contribution >= 4 is 0 Å². The molecule has 15 heavy (non-hydrogen) atoms. The summed E-state index contributed by atoms with van der Waals surface area (Å²) in [6.07, 6.45) is 5.47. The maximum atomic E-state index is 5.33. The molecular formula is C13H22O2. The summed E-state index contributed by atoms with van der Waals surface area (Å²) >= 11 is 0. The van der Waals surface area contributed by atoms with E-state index in [2.05, 4.69) is 25.7 Å².